The summed E-state index contributed by atoms with van der Waals surface area (Å²) in [5.74, 6) is -0.225. The van der Waals surface area contributed by atoms with Crippen LogP contribution in [0.5, 0.6) is 0 Å². The largest absolute Gasteiger partial charge is 0.325 e. The maximum absolute atomic E-state index is 12.8. The smallest absolute Gasteiger partial charge is 0.215 e. The van der Waals surface area contributed by atoms with Gasteiger partial charge in [-0.05, 0) is 53.3 Å². The Hall–Kier alpha value is -2.37. The number of rotatable bonds is 5. The molecule has 0 aliphatic heterocycles. The van der Waals surface area contributed by atoms with Crippen molar-refractivity contribution in [1.82, 2.24) is 9.97 Å². The summed E-state index contributed by atoms with van der Waals surface area (Å²) >= 11 is 7.55. The molecule has 0 atom stereocenters. The lowest BCUT2D eigenvalue weighted by molar-refractivity contribution is 0.103. The Bertz CT molecular complexity index is 938. The summed E-state index contributed by atoms with van der Waals surface area (Å²) in [6.45, 7) is 6.56. The average molecular weight is 398 g/mol. The van der Waals surface area contributed by atoms with Crippen molar-refractivity contribution in [2.24, 2.45) is 0 Å². The van der Waals surface area contributed by atoms with Gasteiger partial charge in [-0.15, -0.1) is 0 Å². The molecule has 0 saturated heterocycles. The van der Waals surface area contributed by atoms with Crippen LogP contribution in [0.2, 0.25) is 5.02 Å². The molecule has 3 aromatic rings. The zero-order valence-electron chi connectivity index (χ0n) is 15.4. The Morgan fingerprint density at radius 3 is 2.44 bits per heavy atom. The molecule has 0 amide bonds. The molecular formula is C21H20ClN3OS. The summed E-state index contributed by atoms with van der Waals surface area (Å²) in [6, 6.07) is 13.6. The van der Waals surface area contributed by atoms with Crippen molar-refractivity contribution < 1.29 is 4.79 Å². The Balaban J connectivity index is 1.80. The van der Waals surface area contributed by atoms with Crippen LogP contribution in [0.15, 0.2) is 66.0 Å². The molecule has 3 rings (SSSR count). The van der Waals surface area contributed by atoms with Crippen LogP contribution in [0.25, 0.3) is 0 Å². The zero-order chi connectivity index (χ0) is 19.4. The van der Waals surface area contributed by atoms with Crippen molar-refractivity contribution in [3.05, 3.63) is 82.9 Å². The molecule has 1 heterocycles. The predicted octanol–water partition coefficient (Wildman–Crippen LogP) is 5.78. The third-order valence-corrected chi connectivity index (χ3v) is 5.09. The third-order valence-electron chi connectivity index (χ3n) is 4.02. The molecule has 0 aliphatic carbocycles. The maximum Gasteiger partial charge on any atom is 0.215 e. The minimum absolute atomic E-state index is 0.114. The number of hydrogen-bond donors (Lipinski definition) is 1. The van der Waals surface area contributed by atoms with Crippen LogP contribution >= 0.6 is 23.5 Å². The number of halogens is 1. The van der Waals surface area contributed by atoms with E-state index in [0.29, 0.717) is 16.3 Å². The van der Waals surface area contributed by atoms with E-state index in [0.717, 1.165) is 4.90 Å². The number of aromatic nitrogens is 2. The maximum atomic E-state index is 12.8. The molecule has 4 nitrogen and oxygen atoms in total. The van der Waals surface area contributed by atoms with E-state index in [1.807, 2.05) is 0 Å². The van der Waals surface area contributed by atoms with Crippen LogP contribution in [-0.2, 0) is 5.41 Å². The minimum atomic E-state index is -0.225. The second-order valence-corrected chi connectivity index (χ2v) is 8.40. The first-order chi connectivity index (χ1) is 12.8. The van der Waals surface area contributed by atoms with E-state index < -0.39 is 0 Å². The summed E-state index contributed by atoms with van der Waals surface area (Å²) < 4.78 is 3.25. The molecule has 0 bridgehead atoms. The number of benzene rings is 2. The molecule has 0 radical (unpaired) electrons. The van der Waals surface area contributed by atoms with Crippen LogP contribution in [0.3, 0.4) is 0 Å². The Morgan fingerprint density at radius 2 is 1.81 bits per heavy atom. The summed E-state index contributed by atoms with van der Waals surface area (Å²) in [5, 5.41) is 0.493. The molecule has 0 saturated carbocycles. The van der Waals surface area contributed by atoms with Gasteiger partial charge in [-0.1, -0.05) is 44.5 Å². The fourth-order valence-corrected chi connectivity index (χ4v) is 3.33. The van der Waals surface area contributed by atoms with Crippen LogP contribution in [-0.4, -0.2) is 15.8 Å². The van der Waals surface area contributed by atoms with Gasteiger partial charge in [0.15, 0.2) is 0 Å². The van der Waals surface area contributed by atoms with E-state index in [2.05, 4.69) is 59.7 Å². The lowest BCUT2D eigenvalue weighted by atomic mass is 9.87. The molecular weight excluding hydrogens is 378 g/mol. The second kappa shape index (κ2) is 8.11. The first kappa shape index (κ1) is 19.4. The summed E-state index contributed by atoms with van der Waals surface area (Å²) in [4.78, 5) is 21.9. The number of carbonyl (C=O) groups is 1. The Kier molecular flexibility index (Phi) is 5.82. The van der Waals surface area contributed by atoms with E-state index in [9.17, 15) is 4.79 Å². The van der Waals surface area contributed by atoms with Gasteiger partial charge in [0.05, 0.1) is 11.9 Å². The number of ketones is 1. The van der Waals surface area contributed by atoms with E-state index >= 15 is 0 Å². The van der Waals surface area contributed by atoms with E-state index in [-0.39, 0.29) is 16.9 Å². The zero-order valence-corrected chi connectivity index (χ0v) is 16.9. The highest BCUT2D eigenvalue weighted by atomic mass is 35.5. The van der Waals surface area contributed by atoms with Crippen molar-refractivity contribution in [1.29, 1.82) is 0 Å². The molecule has 0 fully saturated rings. The van der Waals surface area contributed by atoms with Gasteiger partial charge in [-0.3, -0.25) is 9.78 Å². The van der Waals surface area contributed by atoms with Gasteiger partial charge in [0, 0.05) is 27.9 Å². The molecule has 138 valence electrons. The van der Waals surface area contributed by atoms with Crippen LogP contribution < -0.4 is 4.72 Å². The molecule has 6 heteroatoms. The highest BCUT2D eigenvalue weighted by Crippen LogP contribution is 2.29. The van der Waals surface area contributed by atoms with Gasteiger partial charge in [0.1, 0.15) is 5.69 Å². The van der Waals surface area contributed by atoms with Gasteiger partial charge in [-0.2, -0.15) is 0 Å². The second-order valence-electron chi connectivity index (χ2n) is 7.09. The van der Waals surface area contributed by atoms with Gasteiger partial charge in [0.25, 0.3) is 0 Å². The van der Waals surface area contributed by atoms with E-state index in [1.165, 1.54) is 36.1 Å². The summed E-state index contributed by atoms with van der Waals surface area (Å²) in [5.41, 5.74) is 2.81. The monoisotopic (exact) mass is 397 g/mol. The summed E-state index contributed by atoms with van der Waals surface area (Å²) in [7, 11) is 0. The molecule has 0 unspecified atom stereocenters. The highest BCUT2D eigenvalue weighted by molar-refractivity contribution is 8.00. The minimum Gasteiger partial charge on any atom is -0.325 e. The fraction of sp³-hybridized carbons (Fsp3) is 0.190. The summed E-state index contributed by atoms with van der Waals surface area (Å²) in [6.07, 6.45) is 4.48. The predicted molar refractivity (Wildman–Crippen MR) is 112 cm³/mol. The van der Waals surface area contributed by atoms with Crippen LogP contribution in [0.1, 0.15) is 42.4 Å². The van der Waals surface area contributed by atoms with Crippen molar-refractivity contribution >= 4 is 35.0 Å². The molecule has 27 heavy (non-hydrogen) atoms. The van der Waals surface area contributed by atoms with Gasteiger partial charge >= 0.3 is 0 Å². The van der Waals surface area contributed by atoms with Crippen molar-refractivity contribution in [3.63, 3.8) is 0 Å². The molecule has 0 spiro atoms. The Morgan fingerprint density at radius 1 is 1.07 bits per heavy atom. The van der Waals surface area contributed by atoms with E-state index in [4.69, 9.17) is 11.6 Å². The lowest BCUT2D eigenvalue weighted by Gasteiger charge is -2.19. The lowest BCUT2D eigenvalue weighted by Crippen LogP contribution is -2.10. The number of carbonyl (C=O) groups excluding carboxylic acids is 1. The number of hydrogen-bond acceptors (Lipinski definition) is 5. The van der Waals surface area contributed by atoms with Crippen LogP contribution in [0, 0.1) is 0 Å². The van der Waals surface area contributed by atoms with Crippen molar-refractivity contribution in [3.8, 4) is 0 Å². The molecule has 1 aromatic heterocycles. The quantitative estimate of drug-likeness (QED) is 0.437. The number of nitrogens with zero attached hydrogens (tertiary/aromatic N) is 2. The molecule has 0 aliphatic rings. The first-order valence-electron chi connectivity index (χ1n) is 8.48. The standard InChI is InChI=1S/C21H20ClN3OS/c1-21(2,3)14-4-7-16(8-5-14)27-25-18-9-6-15(22)12-17(18)20(26)19-13-23-10-11-24-19/h4-13,25H,1-3H3. The Labute approximate surface area is 168 Å². The SMILES string of the molecule is CC(C)(C)c1ccc(SNc2ccc(Cl)cc2C(=O)c2cnccn2)cc1. The van der Waals surface area contributed by atoms with Crippen molar-refractivity contribution in [2.45, 2.75) is 31.1 Å². The third kappa shape index (κ3) is 4.87. The van der Waals surface area contributed by atoms with E-state index in [1.54, 1.807) is 18.2 Å². The number of nitrogens with one attached hydrogen (secondary N) is 1. The van der Waals surface area contributed by atoms with Gasteiger partial charge in [0.2, 0.25) is 5.78 Å². The van der Waals surface area contributed by atoms with Crippen molar-refractivity contribution in [2.75, 3.05) is 4.72 Å². The fourth-order valence-electron chi connectivity index (χ4n) is 2.48. The van der Waals surface area contributed by atoms with Crippen LogP contribution in [0.4, 0.5) is 5.69 Å². The van der Waals surface area contributed by atoms with Gasteiger partial charge < -0.3 is 4.72 Å². The highest BCUT2D eigenvalue weighted by Gasteiger charge is 2.17. The number of anilines is 1. The first-order valence-corrected chi connectivity index (χ1v) is 9.68. The molecule has 2 aromatic carbocycles. The van der Waals surface area contributed by atoms with Gasteiger partial charge in [-0.25, -0.2) is 4.98 Å². The average Bonchev–Trinajstić information content (AvgIpc) is 2.66. The topological polar surface area (TPSA) is 54.9 Å². The normalized spacial score (nSPS) is 11.3. The molecule has 1 N–H and O–H groups in total.